The lowest BCUT2D eigenvalue weighted by atomic mass is 10.1. The topological polar surface area (TPSA) is 81.1 Å². The van der Waals surface area contributed by atoms with Crippen molar-refractivity contribution in [2.24, 2.45) is 13.0 Å². The molecular formula is C15H16BrN3O3S. The van der Waals surface area contributed by atoms with Gasteiger partial charge in [0.2, 0.25) is 5.91 Å². The molecule has 1 amide bonds. The first-order valence-corrected chi connectivity index (χ1v) is 9.38. The number of amides is 1. The maximum Gasteiger partial charge on any atom is 0.267 e. The van der Waals surface area contributed by atoms with Crippen LogP contribution in [0.2, 0.25) is 0 Å². The van der Waals surface area contributed by atoms with E-state index in [9.17, 15) is 13.2 Å². The number of aromatic nitrogens is 2. The molecule has 23 heavy (non-hydrogen) atoms. The molecule has 0 aliphatic heterocycles. The molecule has 0 spiro atoms. The average Bonchev–Trinajstić information content (AvgIpc) is 3.21. The number of nitrogens with zero attached hydrogens (tertiary/aromatic N) is 2. The van der Waals surface area contributed by atoms with E-state index in [-0.39, 0.29) is 16.7 Å². The second kappa shape index (κ2) is 5.76. The molecule has 1 aliphatic rings. The molecule has 8 heteroatoms. The predicted octanol–water partition coefficient (Wildman–Crippen LogP) is 2.10. The molecule has 2 aromatic rings. The van der Waals surface area contributed by atoms with Crippen molar-refractivity contribution in [1.29, 1.82) is 0 Å². The molecule has 0 unspecified atom stereocenters. The zero-order valence-electron chi connectivity index (χ0n) is 12.7. The first-order chi connectivity index (χ1) is 10.8. The van der Waals surface area contributed by atoms with Crippen LogP contribution >= 0.6 is 15.9 Å². The molecule has 2 atom stereocenters. The summed E-state index contributed by atoms with van der Waals surface area (Å²) in [6.07, 6.45) is 1.92. The molecule has 1 heterocycles. The van der Waals surface area contributed by atoms with Crippen LogP contribution in [0.25, 0.3) is 0 Å². The third kappa shape index (κ3) is 3.18. The van der Waals surface area contributed by atoms with E-state index in [1.165, 1.54) is 10.9 Å². The number of hydrogen-bond acceptors (Lipinski definition) is 4. The zero-order valence-corrected chi connectivity index (χ0v) is 15.1. The number of nitrogens with one attached hydrogen (secondary N) is 1. The fraction of sp³-hybridized carbons (Fsp3) is 0.333. The van der Waals surface area contributed by atoms with E-state index >= 15 is 0 Å². The van der Waals surface area contributed by atoms with Crippen LogP contribution in [0.3, 0.4) is 0 Å². The van der Waals surface area contributed by atoms with Gasteiger partial charge in [-0.25, -0.2) is 13.1 Å². The van der Waals surface area contributed by atoms with Crippen LogP contribution in [0.5, 0.6) is 0 Å². The van der Waals surface area contributed by atoms with Crippen LogP contribution in [0, 0.1) is 12.8 Å². The van der Waals surface area contributed by atoms with Crippen molar-refractivity contribution in [3.05, 3.63) is 46.2 Å². The van der Waals surface area contributed by atoms with Gasteiger partial charge >= 0.3 is 0 Å². The van der Waals surface area contributed by atoms with E-state index in [0.29, 0.717) is 12.1 Å². The van der Waals surface area contributed by atoms with Crippen molar-refractivity contribution in [3.63, 3.8) is 0 Å². The number of rotatable bonds is 4. The number of carbonyl (C=O) groups excluding carboxylic acids is 1. The van der Waals surface area contributed by atoms with Crippen LogP contribution in [-0.4, -0.2) is 24.1 Å². The molecular weight excluding hydrogens is 382 g/mol. The van der Waals surface area contributed by atoms with Gasteiger partial charge in [0.1, 0.15) is 4.90 Å². The molecule has 122 valence electrons. The Morgan fingerprint density at radius 2 is 2.00 bits per heavy atom. The molecule has 1 aromatic carbocycles. The average molecular weight is 398 g/mol. The highest BCUT2D eigenvalue weighted by Gasteiger charge is 2.45. The summed E-state index contributed by atoms with van der Waals surface area (Å²) in [6.45, 7) is 1.65. The summed E-state index contributed by atoms with van der Waals surface area (Å²) in [6, 6.07) is 7.72. The SMILES string of the molecule is Cc1c(S(=O)(=O)NC(=O)[C@@H]2C[C@H]2c2ccc(Br)cc2)cnn1C. The molecule has 1 aromatic heterocycles. The lowest BCUT2D eigenvalue weighted by Crippen LogP contribution is -2.32. The minimum absolute atomic E-state index is 0.0363. The Kier molecular flexibility index (Phi) is 4.05. The van der Waals surface area contributed by atoms with Gasteiger partial charge in [0.25, 0.3) is 10.0 Å². The number of carbonyl (C=O) groups is 1. The fourth-order valence-corrected chi connectivity index (χ4v) is 4.07. The number of aryl methyl sites for hydroxylation is 1. The zero-order chi connectivity index (χ0) is 16.8. The van der Waals surface area contributed by atoms with Gasteiger partial charge in [-0.1, -0.05) is 28.1 Å². The van der Waals surface area contributed by atoms with Crippen molar-refractivity contribution in [3.8, 4) is 0 Å². The minimum atomic E-state index is -3.88. The number of sulfonamides is 1. The highest BCUT2D eigenvalue weighted by Crippen LogP contribution is 2.47. The normalized spacial score (nSPS) is 20.3. The summed E-state index contributed by atoms with van der Waals surface area (Å²) in [5, 5.41) is 3.90. The molecule has 1 fully saturated rings. The van der Waals surface area contributed by atoms with Crippen molar-refractivity contribution < 1.29 is 13.2 Å². The van der Waals surface area contributed by atoms with E-state index in [1.807, 2.05) is 24.3 Å². The first kappa shape index (κ1) is 16.2. The quantitative estimate of drug-likeness (QED) is 0.856. The van der Waals surface area contributed by atoms with Crippen LogP contribution in [0.1, 0.15) is 23.6 Å². The summed E-state index contributed by atoms with van der Waals surface area (Å²) in [4.78, 5) is 12.3. The summed E-state index contributed by atoms with van der Waals surface area (Å²) in [5.41, 5.74) is 1.54. The van der Waals surface area contributed by atoms with Gasteiger partial charge < -0.3 is 0 Å². The van der Waals surface area contributed by atoms with E-state index < -0.39 is 15.9 Å². The standard InChI is InChI=1S/C15H16BrN3O3S/c1-9-14(8-17-19(9)2)23(21,22)18-15(20)13-7-12(13)10-3-5-11(16)6-4-10/h3-6,8,12-13H,7H2,1-2H3,(H,18,20)/t12-,13+/m0/s1. The smallest absolute Gasteiger partial charge is 0.267 e. The second-order valence-corrected chi connectivity index (χ2v) is 8.25. The fourth-order valence-electron chi connectivity index (χ4n) is 2.57. The molecule has 1 saturated carbocycles. The first-order valence-electron chi connectivity index (χ1n) is 7.10. The molecule has 0 saturated heterocycles. The van der Waals surface area contributed by atoms with Crippen molar-refractivity contribution >= 4 is 31.9 Å². The third-order valence-corrected chi connectivity index (χ3v) is 6.12. The second-order valence-electron chi connectivity index (χ2n) is 5.69. The lowest BCUT2D eigenvalue weighted by molar-refractivity contribution is -0.120. The van der Waals surface area contributed by atoms with E-state index in [0.717, 1.165) is 10.0 Å². The predicted molar refractivity (Wildman–Crippen MR) is 88.3 cm³/mol. The van der Waals surface area contributed by atoms with Crippen LogP contribution in [-0.2, 0) is 21.9 Å². The van der Waals surface area contributed by atoms with Gasteiger partial charge in [-0.3, -0.25) is 9.48 Å². The highest BCUT2D eigenvalue weighted by molar-refractivity contribution is 9.10. The van der Waals surface area contributed by atoms with Gasteiger partial charge in [0, 0.05) is 17.4 Å². The summed E-state index contributed by atoms with van der Waals surface area (Å²) in [5.74, 6) is -0.683. The number of halogens is 1. The van der Waals surface area contributed by atoms with Crippen molar-refractivity contribution in [1.82, 2.24) is 14.5 Å². The Hall–Kier alpha value is -1.67. The number of hydrogen-bond donors (Lipinski definition) is 1. The number of benzene rings is 1. The summed E-state index contributed by atoms with van der Waals surface area (Å²) < 4.78 is 29.2. The van der Waals surface area contributed by atoms with E-state index in [2.05, 4.69) is 25.8 Å². The van der Waals surface area contributed by atoms with Crippen LogP contribution < -0.4 is 4.72 Å². The monoisotopic (exact) mass is 397 g/mol. The summed E-state index contributed by atoms with van der Waals surface area (Å²) in [7, 11) is -2.22. The molecule has 6 nitrogen and oxygen atoms in total. The minimum Gasteiger partial charge on any atom is -0.274 e. The van der Waals surface area contributed by atoms with E-state index in [4.69, 9.17) is 0 Å². The third-order valence-electron chi connectivity index (χ3n) is 4.14. The van der Waals surface area contributed by atoms with E-state index in [1.54, 1.807) is 14.0 Å². The highest BCUT2D eigenvalue weighted by atomic mass is 79.9. The largest absolute Gasteiger partial charge is 0.274 e. The van der Waals surface area contributed by atoms with Gasteiger partial charge in [-0.05, 0) is 37.0 Å². The molecule has 1 aliphatic carbocycles. The van der Waals surface area contributed by atoms with Gasteiger partial charge in [-0.15, -0.1) is 0 Å². The van der Waals surface area contributed by atoms with Gasteiger partial charge in [-0.2, -0.15) is 5.10 Å². The van der Waals surface area contributed by atoms with Gasteiger partial charge in [0.05, 0.1) is 11.9 Å². The molecule has 3 rings (SSSR count). The molecule has 0 bridgehead atoms. The molecule has 1 N–H and O–H groups in total. The Labute approximate surface area is 143 Å². The van der Waals surface area contributed by atoms with Crippen LogP contribution in [0.4, 0.5) is 0 Å². The molecule has 0 radical (unpaired) electrons. The Bertz CT molecular complexity index is 859. The Morgan fingerprint density at radius 1 is 1.35 bits per heavy atom. The van der Waals surface area contributed by atoms with Crippen molar-refractivity contribution in [2.45, 2.75) is 24.2 Å². The van der Waals surface area contributed by atoms with Crippen LogP contribution in [0.15, 0.2) is 39.8 Å². The Morgan fingerprint density at radius 3 is 2.57 bits per heavy atom. The van der Waals surface area contributed by atoms with Crippen molar-refractivity contribution in [2.75, 3.05) is 0 Å². The van der Waals surface area contributed by atoms with Gasteiger partial charge in [0.15, 0.2) is 0 Å². The maximum absolute atomic E-state index is 12.3. The Balaban J connectivity index is 1.71. The summed E-state index contributed by atoms with van der Waals surface area (Å²) >= 11 is 3.37. The maximum atomic E-state index is 12.3. The lowest BCUT2D eigenvalue weighted by Gasteiger charge is -2.06.